The van der Waals surface area contributed by atoms with Crippen LogP contribution in [-0.4, -0.2) is 35.0 Å². The van der Waals surface area contributed by atoms with Gasteiger partial charge in [-0.1, -0.05) is 13.8 Å². The van der Waals surface area contributed by atoms with Gasteiger partial charge in [-0.15, -0.1) is 11.3 Å². The van der Waals surface area contributed by atoms with Crippen molar-refractivity contribution in [2.24, 2.45) is 0 Å². The number of hydrogen-bond acceptors (Lipinski definition) is 5. The van der Waals surface area contributed by atoms with Gasteiger partial charge in [0.2, 0.25) is 0 Å². The number of carbonyl (C=O) groups is 1. The number of carbonyl (C=O) groups excluding carboxylic acids is 1. The molecule has 23 heavy (non-hydrogen) atoms. The number of rotatable bonds is 6. The SMILES string of the molecule is CC(C)c1nc(C(=O)N(Cc2ccco2)CC2CCCO2)cs1. The minimum Gasteiger partial charge on any atom is -0.467 e. The van der Waals surface area contributed by atoms with Crippen LogP contribution in [0.3, 0.4) is 0 Å². The molecule has 1 aliphatic heterocycles. The quantitative estimate of drug-likeness (QED) is 0.808. The maximum Gasteiger partial charge on any atom is 0.273 e. The summed E-state index contributed by atoms with van der Waals surface area (Å²) >= 11 is 1.54. The highest BCUT2D eigenvalue weighted by atomic mass is 32.1. The Morgan fingerprint density at radius 3 is 3.00 bits per heavy atom. The monoisotopic (exact) mass is 334 g/mol. The van der Waals surface area contributed by atoms with E-state index in [2.05, 4.69) is 18.8 Å². The van der Waals surface area contributed by atoms with Crippen LogP contribution in [0.5, 0.6) is 0 Å². The molecule has 1 saturated heterocycles. The third-order valence-corrected chi connectivity index (χ3v) is 5.04. The first-order valence-electron chi connectivity index (χ1n) is 8.02. The van der Waals surface area contributed by atoms with Crippen molar-refractivity contribution >= 4 is 17.2 Å². The van der Waals surface area contributed by atoms with Gasteiger partial charge in [0.1, 0.15) is 11.5 Å². The van der Waals surface area contributed by atoms with Crippen LogP contribution in [0.25, 0.3) is 0 Å². The van der Waals surface area contributed by atoms with Crippen LogP contribution < -0.4 is 0 Å². The Balaban J connectivity index is 1.75. The summed E-state index contributed by atoms with van der Waals surface area (Å²) in [5.74, 6) is 1.05. The summed E-state index contributed by atoms with van der Waals surface area (Å²) in [6.45, 7) is 5.97. The molecule has 3 rings (SSSR count). The molecule has 2 aromatic rings. The highest BCUT2D eigenvalue weighted by molar-refractivity contribution is 7.09. The van der Waals surface area contributed by atoms with E-state index in [4.69, 9.17) is 9.15 Å². The maximum atomic E-state index is 12.9. The summed E-state index contributed by atoms with van der Waals surface area (Å²) in [5.41, 5.74) is 0.517. The molecule has 0 bridgehead atoms. The van der Waals surface area contributed by atoms with E-state index in [9.17, 15) is 4.79 Å². The van der Waals surface area contributed by atoms with Crippen molar-refractivity contribution < 1.29 is 13.9 Å². The van der Waals surface area contributed by atoms with Crippen LogP contribution in [0, 0.1) is 0 Å². The van der Waals surface area contributed by atoms with E-state index in [1.165, 1.54) is 0 Å². The molecule has 0 saturated carbocycles. The predicted molar refractivity (Wildman–Crippen MR) is 88.6 cm³/mol. The lowest BCUT2D eigenvalue weighted by atomic mass is 10.2. The van der Waals surface area contributed by atoms with Gasteiger partial charge in [0, 0.05) is 24.4 Å². The van der Waals surface area contributed by atoms with E-state index in [1.807, 2.05) is 17.5 Å². The zero-order valence-corrected chi connectivity index (χ0v) is 14.3. The largest absolute Gasteiger partial charge is 0.467 e. The van der Waals surface area contributed by atoms with E-state index in [0.717, 1.165) is 30.2 Å². The van der Waals surface area contributed by atoms with Crippen LogP contribution in [0.4, 0.5) is 0 Å². The van der Waals surface area contributed by atoms with E-state index in [0.29, 0.717) is 24.7 Å². The van der Waals surface area contributed by atoms with E-state index in [1.54, 1.807) is 22.5 Å². The minimum absolute atomic E-state index is 0.0555. The van der Waals surface area contributed by atoms with Crippen LogP contribution in [0.2, 0.25) is 0 Å². The molecule has 3 heterocycles. The fourth-order valence-corrected chi connectivity index (χ4v) is 3.47. The summed E-state index contributed by atoms with van der Waals surface area (Å²) in [5, 5.41) is 2.84. The van der Waals surface area contributed by atoms with Gasteiger partial charge in [0.25, 0.3) is 5.91 Å². The molecule has 2 aromatic heterocycles. The molecule has 6 heteroatoms. The summed E-state index contributed by atoms with van der Waals surface area (Å²) < 4.78 is 11.1. The van der Waals surface area contributed by atoms with Gasteiger partial charge in [0.05, 0.1) is 23.9 Å². The average Bonchev–Trinajstić information content (AvgIpc) is 3.28. The normalized spacial score (nSPS) is 17.8. The Hall–Kier alpha value is -1.66. The number of furan rings is 1. The lowest BCUT2D eigenvalue weighted by molar-refractivity contribution is 0.0487. The Kier molecular flexibility index (Phi) is 5.13. The molecule has 124 valence electrons. The molecule has 1 unspecified atom stereocenters. The number of thiazole rings is 1. The van der Waals surface area contributed by atoms with E-state index in [-0.39, 0.29) is 12.0 Å². The van der Waals surface area contributed by atoms with Crippen LogP contribution >= 0.6 is 11.3 Å². The number of aromatic nitrogens is 1. The molecule has 5 nitrogen and oxygen atoms in total. The van der Waals surface area contributed by atoms with Gasteiger partial charge in [0.15, 0.2) is 0 Å². The summed E-state index contributed by atoms with van der Waals surface area (Å²) in [6.07, 6.45) is 3.79. The zero-order valence-electron chi connectivity index (χ0n) is 13.5. The van der Waals surface area contributed by atoms with Crippen molar-refractivity contribution in [2.45, 2.75) is 45.3 Å². The van der Waals surface area contributed by atoms with Gasteiger partial charge < -0.3 is 14.1 Å². The average molecular weight is 334 g/mol. The second kappa shape index (κ2) is 7.27. The molecule has 1 amide bonds. The first-order valence-corrected chi connectivity index (χ1v) is 8.90. The number of ether oxygens (including phenoxy) is 1. The summed E-state index contributed by atoms with van der Waals surface area (Å²) in [7, 11) is 0. The lowest BCUT2D eigenvalue weighted by Crippen LogP contribution is -2.37. The molecule has 0 radical (unpaired) electrons. The standard InChI is InChI=1S/C17H22N2O3S/c1-12(2)16-18-15(11-23-16)17(20)19(9-13-5-3-7-21-13)10-14-6-4-8-22-14/h3,5,7,11-12,14H,4,6,8-10H2,1-2H3. The third-order valence-electron chi connectivity index (χ3n) is 3.90. The van der Waals surface area contributed by atoms with Gasteiger partial charge >= 0.3 is 0 Å². The molecule has 0 aromatic carbocycles. The van der Waals surface area contributed by atoms with Crippen molar-refractivity contribution in [2.75, 3.05) is 13.2 Å². The molecule has 1 aliphatic rings. The van der Waals surface area contributed by atoms with Crippen molar-refractivity contribution in [3.8, 4) is 0 Å². The Morgan fingerprint density at radius 2 is 2.39 bits per heavy atom. The fraction of sp³-hybridized carbons (Fsp3) is 0.529. The number of hydrogen-bond donors (Lipinski definition) is 0. The first-order chi connectivity index (χ1) is 11.1. The maximum absolute atomic E-state index is 12.9. The van der Waals surface area contributed by atoms with Crippen LogP contribution in [-0.2, 0) is 11.3 Å². The Morgan fingerprint density at radius 1 is 1.52 bits per heavy atom. The third kappa shape index (κ3) is 4.00. The molecular formula is C17H22N2O3S. The van der Waals surface area contributed by atoms with Crippen molar-refractivity contribution in [3.05, 3.63) is 40.2 Å². The van der Waals surface area contributed by atoms with Gasteiger partial charge in [-0.2, -0.15) is 0 Å². The second-order valence-electron chi connectivity index (χ2n) is 6.13. The number of nitrogens with zero attached hydrogens (tertiary/aromatic N) is 2. The topological polar surface area (TPSA) is 55.6 Å². The van der Waals surface area contributed by atoms with Crippen LogP contribution in [0.1, 0.15) is 53.9 Å². The lowest BCUT2D eigenvalue weighted by Gasteiger charge is -2.24. The molecule has 1 atom stereocenters. The molecular weight excluding hydrogens is 312 g/mol. The zero-order chi connectivity index (χ0) is 16.2. The molecule has 1 fully saturated rings. The summed E-state index contributed by atoms with van der Waals surface area (Å²) in [4.78, 5) is 19.1. The van der Waals surface area contributed by atoms with Crippen molar-refractivity contribution in [3.63, 3.8) is 0 Å². The molecule has 0 aliphatic carbocycles. The Bertz CT molecular complexity index is 630. The molecule has 0 N–H and O–H groups in total. The summed E-state index contributed by atoms with van der Waals surface area (Å²) in [6, 6.07) is 3.72. The first kappa shape index (κ1) is 16.2. The van der Waals surface area contributed by atoms with Crippen molar-refractivity contribution in [1.29, 1.82) is 0 Å². The fourth-order valence-electron chi connectivity index (χ4n) is 2.66. The predicted octanol–water partition coefficient (Wildman–Crippen LogP) is 3.68. The number of amides is 1. The highest BCUT2D eigenvalue weighted by Gasteiger charge is 2.26. The van der Waals surface area contributed by atoms with Crippen LogP contribution in [0.15, 0.2) is 28.2 Å². The van der Waals surface area contributed by atoms with E-state index >= 15 is 0 Å². The molecule has 0 spiro atoms. The van der Waals surface area contributed by atoms with Gasteiger partial charge in [-0.3, -0.25) is 4.79 Å². The highest BCUT2D eigenvalue weighted by Crippen LogP contribution is 2.22. The van der Waals surface area contributed by atoms with Gasteiger partial charge in [-0.25, -0.2) is 4.98 Å². The van der Waals surface area contributed by atoms with Crippen molar-refractivity contribution in [1.82, 2.24) is 9.88 Å². The Labute approximate surface area is 140 Å². The van der Waals surface area contributed by atoms with Gasteiger partial charge in [-0.05, 0) is 25.0 Å². The second-order valence-corrected chi connectivity index (χ2v) is 7.02. The van der Waals surface area contributed by atoms with E-state index < -0.39 is 0 Å². The smallest absolute Gasteiger partial charge is 0.273 e. The minimum atomic E-state index is -0.0555.